The molecule has 0 aromatic heterocycles. The van der Waals surface area contributed by atoms with Crippen LogP contribution in [0.25, 0.3) is 0 Å². The summed E-state index contributed by atoms with van der Waals surface area (Å²) in [6.07, 6.45) is -3.42. The molecular weight excluding hydrogens is 874 g/mol. The molecule has 0 radical (unpaired) electrons. The number of carboxylic acids is 2. The number of benzene rings is 6. The number of halogens is 4. The zero-order valence-corrected chi connectivity index (χ0v) is 37.4. The van der Waals surface area contributed by atoms with Crippen LogP contribution in [0, 0.1) is 0 Å². The minimum atomic E-state index is -1.71. The molecule has 0 saturated heterocycles. The molecule has 0 heterocycles. The monoisotopic (exact) mass is 922 g/mol. The minimum Gasteiger partial charge on any atom is -0.479 e. The highest BCUT2D eigenvalue weighted by Gasteiger charge is 2.47. The number of nitrogens with two attached hydrogens (primary N) is 2. The lowest BCUT2D eigenvalue weighted by Gasteiger charge is -2.35. The van der Waals surface area contributed by atoms with Gasteiger partial charge in [0.25, 0.3) is 0 Å². The van der Waals surface area contributed by atoms with E-state index < -0.39 is 35.3 Å². The number of hydrogen-bond donors (Lipinski definition) is 6. The quantitative estimate of drug-likeness (QED) is 0.0690. The van der Waals surface area contributed by atoms with Crippen LogP contribution in [-0.4, -0.2) is 58.8 Å². The smallest absolute Gasteiger partial charge is 0.336 e. The van der Waals surface area contributed by atoms with E-state index in [0.717, 1.165) is 11.1 Å². The number of ether oxygens (including phenoxy) is 2. The Morgan fingerprint density at radius 2 is 0.726 bits per heavy atom. The molecule has 0 fully saturated rings. The van der Waals surface area contributed by atoms with Gasteiger partial charge in [-0.05, 0) is 71.5 Å². The fourth-order valence-electron chi connectivity index (χ4n) is 6.49. The summed E-state index contributed by atoms with van der Waals surface area (Å²) in [7, 11) is 2.79. The predicted molar refractivity (Wildman–Crippen MR) is 247 cm³/mol. The van der Waals surface area contributed by atoms with E-state index in [0.29, 0.717) is 42.3 Å². The number of aliphatic hydroxyl groups is 2. The average Bonchev–Trinajstić information content (AvgIpc) is 3.26. The van der Waals surface area contributed by atoms with E-state index in [1.54, 1.807) is 121 Å². The number of hydrogen-bond acceptors (Lipinski definition) is 8. The molecule has 62 heavy (non-hydrogen) atoms. The molecule has 0 aliphatic heterocycles. The van der Waals surface area contributed by atoms with Crippen LogP contribution in [0.3, 0.4) is 0 Å². The van der Waals surface area contributed by atoms with Gasteiger partial charge in [0.15, 0.2) is 23.4 Å². The molecule has 6 rings (SSSR count). The van der Waals surface area contributed by atoms with Gasteiger partial charge in [0.05, 0.1) is 0 Å². The van der Waals surface area contributed by atoms with E-state index in [-0.39, 0.29) is 12.1 Å². The Morgan fingerprint density at radius 1 is 0.484 bits per heavy atom. The van der Waals surface area contributed by atoms with Crippen LogP contribution < -0.4 is 11.5 Å². The van der Waals surface area contributed by atoms with Crippen LogP contribution in [0.5, 0.6) is 0 Å². The first kappa shape index (κ1) is 51.5. The molecule has 0 aliphatic carbocycles. The van der Waals surface area contributed by atoms with E-state index in [9.17, 15) is 30.0 Å². The maximum Gasteiger partial charge on any atom is 0.336 e. The first-order valence-corrected chi connectivity index (χ1v) is 20.5. The van der Waals surface area contributed by atoms with Gasteiger partial charge in [-0.2, -0.15) is 0 Å². The molecule has 0 aliphatic rings. The summed E-state index contributed by atoms with van der Waals surface area (Å²) in [5.74, 6) is -2.67. The van der Waals surface area contributed by atoms with Gasteiger partial charge in [0.2, 0.25) is 0 Å². The number of aliphatic hydroxyl groups excluding tert-OH is 2. The standard InChI is InChI=1S/2C16H16O4.2C8H9Cl2N/c2*1-20-16(14(17)15(18)19,12-8-4-2-5-9-12)13-10-6-3-7-11-13;2*1-5(11)7-3-2-6(9)4-8(7)10/h2*2-11,14,17H,1H3,(H,18,19);2*2-5H,11H2,1H3/t14-;;2*5-/m0.00/s1. The molecule has 6 aromatic rings. The third-order valence-electron chi connectivity index (χ3n) is 9.60. The molecule has 0 spiro atoms. The predicted octanol–water partition coefficient (Wildman–Crippen LogP) is 10.1. The van der Waals surface area contributed by atoms with Crippen molar-refractivity contribution in [2.75, 3.05) is 14.2 Å². The fourth-order valence-corrected chi connectivity index (χ4v) is 7.65. The molecular formula is C48H50Cl4N2O8. The number of carbonyl (C=O) groups is 2. The molecule has 4 atom stereocenters. The molecule has 8 N–H and O–H groups in total. The molecule has 14 heteroatoms. The summed E-state index contributed by atoms with van der Waals surface area (Å²) >= 11 is 23.1. The van der Waals surface area contributed by atoms with Crippen LogP contribution in [0.1, 0.15) is 59.3 Å². The van der Waals surface area contributed by atoms with Crippen LogP contribution in [0.4, 0.5) is 0 Å². The number of rotatable bonds is 12. The second kappa shape index (κ2) is 24.7. The summed E-state index contributed by atoms with van der Waals surface area (Å²) in [6.45, 7) is 3.77. The largest absolute Gasteiger partial charge is 0.479 e. The Hall–Kier alpha value is -4.82. The summed E-state index contributed by atoms with van der Waals surface area (Å²) in [6, 6.07) is 46.0. The molecule has 0 bridgehead atoms. The zero-order valence-electron chi connectivity index (χ0n) is 34.4. The van der Waals surface area contributed by atoms with Gasteiger partial charge < -0.3 is 41.4 Å². The minimum absolute atomic E-state index is 0.0419. The fraction of sp³-hybridized carbons (Fsp3) is 0.208. The molecule has 0 saturated carbocycles. The topological polar surface area (TPSA) is 186 Å². The summed E-state index contributed by atoms with van der Waals surface area (Å²) < 4.78 is 11.0. The van der Waals surface area contributed by atoms with Gasteiger partial charge >= 0.3 is 11.9 Å². The third-order valence-corrected chi connectivity index (χ3v) is 10.7. The molecule has 0 amide bonds. The molecule has 6 aromatic carbocycles. The van der Waals surface area contributed by atoms with Crippen molar-refractivity contribution in [3.8, 4) is 0 Å². The van der Waals surface area contributed by atoms with Gasteiger partial charge in [-0.3, -0.25) is 0 Å². The van der Waals surface area contributed by atoms with Crippen molar-refractivity contribution in [3.63, 3.8) is 0 Å². The molecule has 328 valence electrons. The SMILES string of the molecule is COC(c1ccccc1)(c1ccccc1)C(O)C(=O)O.COC(c1ccccc1)(c1ccccc1)[C@@H](O)C(=O)O.C[C@H](N)c1ccc(Cl)cc1Cl.C[C@H](N)c1ccc(Cl)cc1Cl. The molecule has 1 unspecified atom stereocenters. The lowest BCUT2D eigenvalue weighted by atomic mass is 9.81. The highest BCUT2D eigenvalue weighted by atomic mass is 35.5. The molecule has 10 nitrogen and oxygen atoms in total. The normalized spacial score (nSPS) is 13.0. The maximum absolute atomic E-state index is 11.3. The van der Waals surface area contributed by atoms with Crippen molar-refractivity contribution in [2.45, 2.75) is 49.3 Å². The number of carboxylic acid groups (broad SMARTS) is 2. The van der Waals surface area contributed by atoms with Crippen LogP contribution >= 0.6 is 46.4 Å². The Labute approximate surface area is 382 Å². The van der Waals surface area contributed by atoms with Crippen LogP contribution in [0.2, 0.25) is 20.1 Å². The van der Waals surface area contributed by atoms with Crippen molar-refractivity contribution < 1.29 is 39.5 Å². The second-order valence-corrected chi connectivity index (χ2v) is 15.4. The van der Waals surface area contributed by atoms with Crippen molar-refractivity contribution >= 4 is 58.3 Å². The van der Waals surface area contributed by atoms with Gasteiger partial charge in [-0.25, -0.2) is 9.59 Å². The van der Waals surface area contributed by atoms with E-state index in [2.05, 4.69) is 0 Å². The van der Waals surface area contributed by atoms with E-state index in [4.69, 9.17) is 67.3 Å². The summed E-state index contributed by atoms with van der Waals surface area (Å²) in [4.78, 5) is 22.6. The van der Waals surface area contributed by atoms with Gasteiger partial charge in [0, 0.05) is 46.4 Å². The Balaban J connectivity index is 0.000000229. The zero-order chi connectivity index (χ0) is 46.0. The average molecular weight is 925 g/mol. The van der Waals surface area contributed by atoms with Gasteiger partial charge in [-0.15, -0.1) is 0 Å². The maximum atomic E-state index is 11.3. The van der Waals surface area contributed by atoms with E-state index >= 15 is 0 Å². The van der Waals surface area contributed by atoms with E-state index in [1.165, 1.54) is 14.2 Å². The summed E-state index contributed by atoms with van der Waals surface area (Å²) in [5.41, 5.74) is 12.6. The first-order chi connectivity index (χ1) is 29.5. The number of aliphatic carboxylic acids is 2. The lowest BCUT2D eigenvalue weighted by Crippen LogP contribution is -2.47. The van der Waals surface area contributed by atoms with Gasteiger partial charge in [0.1, 0.15) is 0 Å². The van der Waals surface area contributed by atoms with Crippen molar-refractivity contribution in [2.24, 2.45) is 11.5 Å². The number of methoxy groups -OCH3 is 2. The highest BCUT2D eigenvalue weighted by Crippen LogP contribution is 2.38. The van der Waals surface area contributed by atoms with E-state index in [1.807, 2.05) is 50.2 Å². The lowest BCUT2D eigenvalue weighted by molar-refractivity contribution is -0.164. The Bertz CT molecular complexity index is 2050. The Kier molecular flexibility index (Phi) is 20.5. The second-order valence-electron chi connectivity index (χ2n) is 13.7. The highest BCUT2D eigenvalue weighted by molar-refractivity contribution is 6.35. The Morgan fingerprint density at radius 3 is 0.903 bits per heavy atom. The van der Waals surface area contributed by atoms with Crippen LogP contribution in [0.15, 0.2) is 158 Å². The van der Waals surface area contributed by atoms with Gasteiger partial charge in [-0.1, -0.05) is 180 Å². The first-order valence-electron chi connectivity index (χ1n) is 19.0. The third kappa shape index (κ3) is 13.1. The summed E-state index contributed by atoms with van der Waals surface area (Å²) in [5, 5.41) is 41.5. The van der Waals surface area contributed by atoms with Crippen LogP contribution in [-0.2, 0) is 30.3 Å². The van der Waals surface area contributed by atoms with Crippen molar-refractivity contribution in [3.05, 3.63) is 211 Å². The van der Waals surface area contributed by atoms with Crippen molar-refractivity contribution in [1.29, 1.82) is 0 Å². The van der Waals surface area contributed by atoms with Crippen molar-refractivity contribution in [1.82, 2.24) is 0 Å².